The summed E-state index contributed by atoms with van der Waals surface area (Å²) in [5, 5.41) is 3.18. The number of amides is 1. The predicted molar refractivity (Wildman–Crippen MR) is 80.1 cm³/mol. The predicted octanol–water partition coefficient (Wildman–Crippen LogP) is 4.35. The average molecular weight is 310 g/mol. The Morgan fingerprint density at radius 2 is 1.95 bits per heavy atom. The fraction of sp³-hybridized carbons (Fsp3) is 0.312. The second-order valence-electron chi connectivity index (χ2n) is 5.53. The van der Waals surface area contributed by atoms with Crippen molar-refractivity contribution in [2.75, 3.05) is 0 Å². The van der Waals surface area contributed by atoms with Crippen LogP contribution in [-0.2, 0) is 5.54 Å². The number of carbonyl (C=O) groups is 1. The number of hydrogen-bond acceptors (Lipinski definition) is 2. The Hall–Kier alpha value is -1.81. The number of benzene rings is 1. The van der Waals surface area contributed by atoms with Crippen LogP contribution in [0.2, 0.25) is 5.02 Å². The van der Waals surface area contributed by atoms with Crippen molar-refractivity contribution in [2.24, 2.45) is 0 Å². The van der Waals surface area contributed by atoms with Gasteiger partial charge in [0.15, 0.2) is 0 Å². The lowest BCUT2D eigenvalue weighted by atomic mass is 9.93. The molecule has 2 aromatic rings. The summed E-state index contributed by atoms with van der Waals surface area (Å²) >= 11 is 6.07. The van der Waals surface area contributed by atoms with Gasteiger partial charge in [-0.05, 0) is 51.5 Å². The number of carbonyl (C=O) groups excluding carboxylic acids is 1. The summed E-state index contributed by atoms with van der Waals surface area (Å²) in [6, 6.07) is 5.82. The Bertz CT molecular complexity index is 692. The second-order valence-corrected chi connectivity index (χ2v) is 5.94. The highest BCUT2D eigenvalue weighted by atomic mass is 35.5. The molecule has 1 heterocycles. The van der Waals surface area contributed by atoms with Crippen molar-refractivity contribution in [3.63, 3.8) is 0 Å². The van der Waals surface area contributed by atoms with Gasteiger partial charge in [-0.1, -0.05) is 17.7 Å². The molecule has 0 aliphatic carbocycles. The highest BCUT2D eigenvalue weighted by Gasteiger charge is 2.27. The van der Waals surface area contributed by atoms with Crippen LogP contribution in [0.3, 0.4) is 0 Å². The molecule has 1 aromatic heterocycles. The van der Waals surface area contributed by atoms with Crippen molar-refractivity contribution in [3.05, 3.63) is 57.8 Å². The molecule has 112 valence electrons. The van der Waals surface area contributed by atoms with Crippen LogP contribution in [0.5, 0.6) is 0 Å². The first kappa shape index (κ1) is 15.6. The third kappa shape index (κ3) is 3.27. The van der Waals surface area contributed by atoms with Gasteiger partial charge in [0.2, 0.25) is 0 Å². The van der Waals surface area contributed by atoms with Gasteiger partial charge in [0, 0.05) is 5.02 Å². The van der Waals surface area contributed by atoms with E-state index in [0.29, 0.717) is 22.6 Å². The zero-order chi connectivity index (χ0) is 15.8. The van der Waals surface area contributed by atoms with Gasteiger partial charge >= 0.3 is 0 Å². The van der Waals surface area contributed by atoms with Gasteiger partial charge in [-0.25, -0.2) is 4.39 Å². The fourth-order valence-corrected chi connectivity index (χ4v) is 2.67. The zero-order valence-electron chi connectivity index (χ0n) is 12.4. The zero-order valence-corrected chi connectivity index (χ0v) is 13.1. The molecular weight excluding hydrogens is 293 g/mol. The normalized spacial score (nSPS) is 11.5. The summed E-state index contributed by atoms with van der Waals surface area (Å²) < 4.78 is 18.5. The molecule has 0 saturated carbocycles. The lowest BCUT2D eigenvalue weighted by Gasteiger charge is -2.27. The van der Waals surface area contributed by atoms with Crippen LogP contribution in [0.1, 0.15) is 41.3 Å². The molecule has 1 amide bonds. The molecule has 2 rings (SSSR count). The minimum absolute atomic E-state index is 0.255. The lowest BCUT2D eigenvalue weighted by molar-refractivity contribution is 0.0910. The first-order chi connectivity index (χ1) is 9.70. The van der Waals surface area contributed by atoms with Crippen molar-refractivity contribution in [3.8, 4) is 0 Å². The molecule has 1 N–H and O–H groups in total. The Labute approximate surface area is 128 Å². The molecule has 21 heavy (non-hydrogen) atoms. The van der Waals surface area contributed by atoms with Crippen LogP contribution in [0, 0.1) is 19.7 Å². The molecule has 0 radical (unpaired) electrons. The van der Waals surface area contributed by atoms with Gasteiger partial charge in [0.05, 0.1) is 11.1 Å². The van der Waals surface area contributed by atoms with Crippen LogP contribution in [0.15, 0.2) is 28.7 Å². The monoisotopic (exact) mass is 309 g/mol. The quantitative estimate of drug-likeness (QED) is 0.915. The highest BCUT2D eigenvalue weighted by Crippen LogP contribution is 2.29. The summed E-state index contributed by atoms with van der Waals surface area (Å²) in [6.45, 7) is 7.14. The molecular formula is C16H17ClFNO2. The van der Waals surface area contributed by atoms with E-state index in [4.69, 9.17) is 16.0 Å². The smallest absolute Gasteiger partial charge is 0.255 e. The Balaban J connectivity index is 2.28. The summed E-state index contributed by atoms with van der Waals surface area (Å²) in [5.41, 5.74) is 0.398. The van der Waals surface area contributed by atoms with Crippen LogP contribution in [0.4, 0.5) is 4.39 Å². The molecule has 0 aliphatic heterocycles. The van der Waals surface area contributed by atoms with Crippen molar-refractivity contribution >= 4 is 17.5 Å². The largest absolute Gasteiger partial charge is 0.466 e. The molecule has 5 heteroatoms. The summed E-state index contributed by atoms with van der Waals surface area (Å²) in [4.78, 5) is 12.4. The van der Waals surface area contributed by atoms with E-state index < -0.39 is 11.4 Å². The minimum Gasteiger partial charge on any atom is -0.466 e. The first-order valence-corrected chi connectivity index (χ1v) is 6.93. The van der Waals surface area contributed by atoms with Crippen LogP contribution >= 0.6 is 11.6 Å². The maximum atomic E-state index is 13.1. The van der Waals surface area contributed by atoms with Crippen molar-refractivity contribution in [2.45, 2.75) is 33.2 Å². The molecule has 0 atom stereocenters. The van der Waals surface area contributed by atoms with Crippen molar-refractivity contribution in [1.82, 2.24) is 5.32 Å². The van der Waals surface area contributed by atoms with E-state index in [9.17, 15) is 9.18 Å². The van der Waals surface area contributed by atoms with E-state index in [1.165, 1.54) is 12.1 Å². The number of aryl methyl sites for hydroxylation is 2. The van der Waals surface area contributed by atoms with Crippen LogP contribution < -0.4 is 5.32 Å². The van der Waals surface area contributed by atoms with Gasteiger partial charge < -0.3 is 9.73 Å². The van der Waals surface area contributed by atoms with E-state index in [1.54, 1.807) is 26.0 Å². The van der Waals surface area contributed by atoms with Gasteiger partial charge in [-0.2, -0.15) is 0 Å². The molecule has 0 spiro atoms. The number of hydrogen-bond donors (Lipinski definition) is 1. The van der Waals surface area contributed by atoms with Crippen molar-refractivity contribution in [1.29, 1.82) is 0 Å². The standard InChI is InChI=1S/C16H17ClFNO2/c1-9-7-12(10(2)21-9)15(20)19-16(3,4)13-6-5-11(18)8-14(13)17/h5-8H,1-4H3,(H,19,20). The van der Waals surface area contributed by atoms with Crippen molar-refractivity contribution < 1.29 is 13.6 Å². The molecule has 0 fully saturated rings. The molecule has 0 aliphatic rings. The number of furan rings is 1. The van der Waals surface area contributed by atoms with Gasteiger partial charge in [0.25, 0.3) is 5.91 Å². The third-order valence-electron chi connectivity index (χ3n) is 3.32. The topological polar surface area (TPSA) is 42.2 Å². The number of nitrogens with one attached hydrogen (secondary N) is 1. The molecule has 0 saturated heterocycles. The highest BCUT2D eigenvalue weighted by molar-refractivity contribution is 6.31. The minimum atomic E-state index is -0.737. The van der Waals surface area contributed by atoms with E-state index in [-0.39, 0.29) is 10.9 Å². The number of rotatable bonds is 3. The van der Waals surface area contributed by atoms with E-state index in [0.717, 1.165) is 0 Å². The molecule has 1 aromatic carbocycles. The fourth-order valence-electron chi connectivity index (χ4n) is 2.27. The van der Waals surface area contributed by atoms with Gasteiger partial charge in [-0.3, -0.25) is 4.79 Å². The Morgan fingerprint density at radius 1 is 1.29 bits per heavy atom. The maximum Gasteiger partial charge on any atom is 0.255 e. The molecule has 0 unspecified atom stereocenters. The average Bonchev–Trinajstić information content (AvgIpc) is 2.67. The molecule has 0 bridgehead atoms. The SMILES string of the molecule is Cc1cc(C(=O)NC(C)(C)c2ccc(F)cc2Cl)c(C)o1. The van der Waals surface area contributed by atoms with Crippen LogP contribution in [0.25, 0.3) is 0 Å². The Kier molecular flexibility index (Phi) is 4.10. The van der Waals surface area contributed by atoms with Gasteiger partial charge in [-0.15, -0.1) is 0 Å². The van der Waals surface area contributed by atoms with E-state index >= 15 is 0 Å². The first-order valence-electron chi connectivity index (χ1n) is 6.56. The Morgan fingerprint density at radius 3 is 2.48 bits per heavy atom. The summed E-state index contributed by atoms with van der Waals surface area (Å²) in [5.74, 6) is 0.572. The van der Waals surface area contributed by atoms with Gasteiger partial charge in [0.1, 0.15) is 17.3 Å². The second kappa shape index (κ2) is 5.53. The third-order valence-corrected chi connectivity index (χ3v) is 3.63. The van der Waals surface area contributed by atoms with Crippen LogP contribution in [-0.4, -0.2) is 5.91 Å². The summed E-state index contributed by atoms with van der Waals surface area (Å²) in [6.07, 6.45) is 0. The van der Waals surface area contributed by atoms with E-state index in [2.05, 4.69) is 5.32 Å². The number of halogens is 2. The van der Waals surface area contributed by atoms with E-state index in [1.807, 2.05) is 13.8 Å². The summed E-state index contributed by atoms with van der Waals surface area (Å²) in [7, 11) is 0. The molecule has 3 nitrogen and oxygen atoms in total. The maximum absolute atomic E-state index is 13.1. The lowest BCUT2D eigenvalue weighted by Crippen LogP contribution is -2.41.